The van der Waals surface area contributed by atoms with Crippen LogP contribution in [0.25, 0.3) is 0 Å². The summed E-state index contributed by atoms with van der Waals surface area (Å²) in [5, 5.41) is 25.3. The SMILES string of the molecule is C=C[C@]1(C)C[C@@H](OC(=O)CS[C@H]2C[C@H](NC(=O)C(C)(C)C)CC[C@H]2O)[C@]2(C)C(C)CCC3(CCC(=O)[C@H]32)[C@@H](C)[C@@H]1O. The molecule has 4 rings (SSSR count). The Morgan fingerprint density at radius 1 is 1.15 bits per heavy atom. The van der Waals surface area contributed by atoms with Gasteiger partial charge in [-0.15, -0.1) is 18.3 Å². The molecule has 0 radical (unpaired) electrons. The molecule has 41 heavy (non-hydrogen) atoms. The molecule has 0 aromatic heterocycles. The zero-order valence-corrected chi connectivity index (χ0v) is 27.0. The van der Waals surface area contributed by atoms with Crippen LogP contribution in [0, 0.1) is 39.4 Å². The smallest absolute Gasteiger partial charge is 0.316 e. The molecule has 2 unspecified atom stereocenters. The lowest BCUT2D eigenvalue weighted by Gasteiger charge is -2.61. The maximum atomic E-state index is 13.6. The monoisotopic (exact) mass is 591 g/mol. The zero-order valence-electron chi connectivity index (χ0n) is 26.2. The first-order valence-corrected chi connectivity index (χ1v) is 16.7. The van der Waals surface area contributed by atoms with E-state index < -0.39 is 34.6 Å². The molecule has 0 spiro atoms. The van der Waals surface area contributed by atoms with Crippen molar-refractivity contribution in [1.82, 2.24) is 5.32 Å². The highest BCUT2D eigenvalue weighted by Gasteiger charge is 2.68. The van der Waals surface area contributed by atoms with E-state index in [9.17, 15) is 24.6 Å². The van der Waals surface area contributed by atoms with Crippen LogP contribution in [0.4, 0.5) is 0 Å². The minimum atomic E-state index is -0.695. The van der Waals surface area contributed by atoms with E-state index in [1.807, 2.05) is 33.8 Å². The quantitative estimate of drug-likeness (QED) is 0.292. The van der Waals surface area contributed by atoms with Crippen molar-refractivity contribution in [2.75, 3.05) is 5.75 Å². The molecular formula is C33H53NO6S. The largest absolute Gasteiger partial charge is 0.461 e. The molecule has 4 aliphatic carbocycles. The number of hydrogen-bond donors (Lipinski definition) is 3. The fraction of sp³-hybridized carbons (Fsp3) is 0.848. The van der Waals surface area contributed by atoms with E-state index in [-0.39, 0.29) is 57.9 Å². The Morgan fingerprint density at radius 3 is 2.46 bits per heavy atom. The lowest BCUT2D eigenvalue weighted by atomic mass is 9.44. The van der Waals surface area contributed by atoms with Crippen LogP contribution in [0.1, 0.15) is 99.8 Å². The molecular weight excluding hydrogens is 538 g/mol. The average molecular weight is 592 g/mol. The Balaban J connectivity index is 1.53. The number of nitrogens with one attached hydrogen (secondary N) is 1. The summed E-state index contributed by atoms with van der Waals surface area (Å²) in [6.45, 7) is 18.2. The maximum absolute atomic E-state index is 13.6. The zero-order chi connectivity index (χ0) is 30.5. The van der Waals surface area contributed by atoms with Crippen molar-refractivity contribution in [1.29, 1.82) is 0 Å². The second kappa shape index (κ2) is 11.6. The average Bonchev–Trinajstić information content (AvgIpc) is 3.26. The van der Waals surface area contributed by atoms with E-state index in [1.165, 1.54) is 11.8 Å². The number of Topliss-reactive ketones (excluding diaryl/α,β-unsaturated/α-hetero) is 1. The van der Waals surface area contributed by atoms with E-state index >= 15 is 0 Å². The predicted octanol–water partition coefficient (Wildman–Crippen LogP) is 5.07. The highest BCUT2D eigenvalue weighted by atomic mass is 32.2. The number of ketones is 1. The molecule has 7 nitrogen and oxygen atoms in total. The Hall–Kier alpha value is -1.38. The second-order valence-electron chi connectivity index (χ2n) is 15.2. The van der Waals surface area contributed by atoms with Crippen LogP contribution in [0.3, 0.4) is 0 Å². The molecule has 4 saturated carbocycles. The summed E-state index contributed by atoms with van der Waals surface area (Å²) in [6, 6.07) is -0.0375. The molecule has 4 fully saturated rings. The molecule has 8 heteroatoms. The lowest BCUT2D eigenvalue weighted by molar-refractivity contribution is -0.205. The van der Waals surface area contributed by atoms with E-state index in [2.05, 4.69) is 32.7 Å². The molecule has 1 amide bonds. The molecule has 11 atom stereocenters. The van der Waals surface area contributed by atoms with Crippen molar-refractivity contribution < 1.29 is 29.3 Å². The number of rotatable bonds is 6. The molecule has 0 saturated heterocycles. The predicted molar refractivity (Wildman–Crippen MR) is 162 cm³/mol. The maximum Gasteiger partial charge on any atom is 0.316 e. The standard InChI is InChI=1S/C33H53NO6S/c1-9-31(7)17-25(32(8)19(2)12-14-33(20(3)28(31)38)15-13-23(36)27(32)33)40-26(37)18-41-24-16-21(10-11-22(24)35)34-29(39)30(4,5)6/h9,19-22,24-25,27-28,35,38H,1,10-18H2,2-8H3,(H,34,39)/t19?,20-,21+,22+,24-,25+,27-,28-,31+,32-,33?/m0/s1. The van der Waals surface area contributed by atoms with Gasteiger partial charge in [0, 0.05) is 39.9 Å². The van der Waals surface area contributed by atoms with Crippen LogP contribution in [0.5, 0.6) is 0 Å². The first kappa shape index (κ1) is 32.5. The van der Waals surface area contributed by atoms with Gasteiger partial charge in [0.1, 0.15) is 11.9 Å². The third-order valence-electron chi connectivity index (χ3n) is 11.8. The summed E-state index contributed by atoms with van der Waals surface area (Å²) in [6.07, 6.45) is 5.41. The number of esters is 1. The van der Waals surface area contributed by atoms with Crippen LogP contribution < -0.4 is 5.32 Å². The summed E-state index contributed by atoms with van der Waals surface area (Å²) in [5.74, 6) is -0.202. The van der Waals surface area contributed by atoms with Crippen molar-refractivity contribution in [3.63, 3.8) is 0 Å². The number of carbonyl (C=O) groups excluding carboxylic acids is 3. The highest BCUT2D eigenvalue weighted by molar-refractivity contribution is 8.00. The highest BCUT2D eigenvalue weighted by Crippen LogP contribution is 2.68. The van der Waals surface area contributed by atoms with E-state index in [0.717, 1.165) is 19.3 Å². The molecule has 0 heterocycles. The van der Waals surface area contributed by atoms with Gasteiger partial charge in [-0.1, -0.05) is 54.5 Å². The van der Waals surface area contributed by atoms with Gasteiger partial charge in [0.2, 0.25) is 5.91 Å². The first-order chi connectivity index (χ1) is 19.0. The fourth-order valence-corrected chi connectivity index (χ4v) is 9.84. The topological polar surface area (TPSA) is 113 Å². The van der Waals surface area contributed by atoms with Gasteiger partial charge < -0.3 is 20.3 Å². The molecule has 0 aromatic rings. The molecule has 232 valence electrons. The Morgan fingerprint density at radius 2 is 1.83 bits per heavy atom. The number of amides is 1. The molecule has 2 bridgehead atoms. The van der Waals surface area contributed by atoms with Crippen molar-refractivity contribution in [2.45, 2.75) is 129 Å². The summed E-state index contributed by atoms with van der Waals surface area (Å²) >= 11 is 1.39. The minimum absolute atomic E-state index is 0.0134. The van der Waals surface area contributed by atoms with Gasteiger partial charge in [0.25, 0.3) is 0 Å². The van der Waals surface area contributed by atoms with Gasteiger partial charge in [0.15, 0.2) is 0 Å². The molecule has 4 aliphatic rings. The van der Waals surface area contributed by atoms with Crippen LogP contribution in [0.2, 0.25) is 0 Å². The summed E-state index contributed by atoms with van der Waals surface area (Å²) in [7, 11) is 0. The lowest BCUT2D eigenvalue weighted by Crippen LogP contribution is -2.63. The summed E-state index contributed by atoms with van der Waals surface area (Å²) in [5.41, 5.74) is -2.01. The Bertz CT molecular complexity index is 1040. The third-order valence-corrected chi connectivity index (χ3v) is 13.1. The number of thioether (sulfide) groups is 1. The van der Waals surface area contributed by atoms with E-state index in [4.69, 9.17) is 4.74 Å². The minimum Gasteiger partial charge on any atom is -0.461 e. The van der Waals surface area contributed by atoms with Gasteiger partial charge in [-0.2, -0.15) is 0 Å². The molecule has 0 aromatic carbocycles. The Labute approximate surface area is 251 Å². The van der Waals surface area contributed by atoms with Gasteiger partial charge >= 0.3 is 5.97 Å². The van der Waals surface area contributed by atoms with Crippen molar-refractivity contribution in [3.8, 4) is 0 Å². The number of aliphatic hydroxyl groups excluding tert-OH is 2. The summed E-state index contributed by atoms with van der Waals surface area (Å²) < 4.78 is 6.36. The molecule has 0 aliphatic heterocycles. The van der Waals surface area contributed by atoms with Crippen LogP contribution in [-0.2, 0) is 19.1 Å². The number of aliphatic hydroxyl groups is 2. The van der Waals surface area contributed by atoms with Gasteiger partial charge in [0.05, 0.1) is 18.0 Å². The second-order valence-corrected chi connectivity index (χ2v) is 16.4. The van der Waals surface area contributed by atoms with Gasteiger partial charge in [-0.05, 0) is 62.2 Å². The van der Waals surface area contributed by atoms with Gasteiger partial charge in [-0.25, -0.2) is 0 Å². The first-order valence-electron chi connectivity index (χ1n) is 15.6. The van der Waals surface area contributed by atoms with Crippen molar-refractivity contribution in [2.24, 2.45) is 39.4 Å². The van der Waals surface area contributed by atoms with Crippen LogP contribution in [0.15, 0.2) is 12.7 Å². The van der Waals surface area contributed by atoms with E-state index in [1.54, 1.807) is 0 Å². The summed E-state index contributed by atoms with van der Waals surface area (Å²) in [4.78, 5) is 39.6. The van der Waals surface area contributed by atoms with E-state index in [0.29, 0.717) is 32.1 Å². The molecule has 3 N–H and O–H groups in total. The van der Waals surface area contributed by atoms with Crippen LogP contribution >= 0.6 is 11.8 Å². The number of ether oxygens (including phenoxy) is 1. The normalized spacial score (nSPS) is 44.8. The third kappa shape index (κ3) is 5.78. The number of carbonyl (C=O) groups is 3. The van der Waals surface area contributed by atoms with Crippen LogP contribution in [-0.4, -0.2) is 63.2 Å². The van der Waals surface area contributed by atoms with Gasteiger partial charge in [-0.3, -0.25) is 14.4 Å². The fourth-order valence-electron chi connectivity index (χ4n) is 8.69. The Kier molecular flexibility index (Phi) is 9.21. The van der Waals surface area contributed by atoms with Crippen molar-refractivity contribution in [3.05, 3.63) is 12.7 Å². The number of hydrogen-bond acceptors (Lipinski definition) is 7. The van der Waals surface area contributed by atoms with Crippen molar-refractivity contribution >= 4 is 29.4 Å².